The van der Waals surface area contributed by atoms with Crippen molar-refractivity contribution in [2.75, 3.05) is 38.3 Å². The fourth-order valence-corrected chi connectivity index (χ4v) is 6.09. The number of hydrogen-bond acceptors (Lipinski definition) is 5. The third kappa shape index (κ3) is 5.87. The number of hydrogen-bond donors (Lipinski definition) is 2. The van der Waals surface area contributed by atoms with Gasteiger partial charge in [-0.1, -0.05) is 41.9 Å². The molecule has 2 aliphatic heterocycles. The van der Waals surface area contributed by atoms with Crippen LogP contribution >= 0.6 is 11.6 Å². The van der Waals surface area contributed by atoms with E-state index in [-0.39, 0.29) is 36.5 Å². The van der Waals surface area contributed by atoms with E-state index < -0.39 is 15.8 Å². The van der Waals surface area contributed by atoms with E-state index in [0.717, 1.165) is 12.0 Å². The van der Waals surface area contributed by atoms with Crippen molar-refractivity contribution in [2.45, 2.75) is 37.5 Å². The minimum absolute atomic E-state index is 0.0747. The molecule has 2 aromatic carbocycles. The maximum absolute atomic E-state index is 14.9. The fraction of sp³-hybridized carbons (Fsp3) is 0.500. The number of fused-ring (bicyclic) bond motifs is 3. The second kappa shape index (κ2) is 10.3. The van der Waals surface area contributed by atoms with Crippen LogP contribution in [0.4, 0.5) is 10.1 Å². The highest BCUT2D eigenvalue weighted by atomic mass is 35.5. The molecule has 0 aromatic heterocycles. The van der Waals surface area contributed by atoms with Crippen LogP contribution in [0.1, 0.15) is 42.5 Å². The summed E-state index contributed by atoms with van der Waals surface area (Å²) in [6, 6.07) is 12.9. The maximum atomic E-state index is 14.9. The molecule has 1 fully saturated rings. The summed E-state index contributed by atoms with van der Waals surface area (Å²) in [4.78, 5) is 1.96. The van der Waals surface area contributed by atoms with Gasteiger partial charge in [-0.05, 0) is 57.6 Å². The molecule has 0 radical (unpaired) electrons. The second-order valence-electron chi connectivity index (χ2n) is 9.13. The van der Waals surface area contributed by atoms with Crippen LogP contribution < -0.4 is 10.0 Å². The van der Waals surface area contributed by atoms with Crippen molar-refractivity contribution in [1.82, 2.24) is 9.62 Å². The Morgan fingerprint density at radius 2 is 1.97 bits per heavy atom. The highest BCUT2D eigenvalue weighted by Gasteiger charge is 2.43. The zero-order valence-corrected chi connectivity index (χ0v) is 20.5. The van der Waals surface area contributed by atoms with E-state index in [4.69, 9.17) is 16.3 Å². The highest BCUT2D eigenvalue weighted by Crippen LogP contribution is 2.51. The average molecular weight is 496 g/mol. The van der Waals surface area contributed by atoms with Crippen LogP contribution in [0.2, 0.25) is 5.02 Å². The summed E-state index contributed by atoms with van der Waals surface area (Å²) < 4.78 is 48.8. The summed E-state index contributed by atoms with van der Waals surface area (Å²) in [5.41, 5.74) is 2.16. The molecule has 0 aliphatic carbocycles. The number of benzene rings is 2. The highest BCUT2D eigenvalue weighted by molar-refractivity contribution is 7.89. The van der Waals surface area contributed by atoms with Gasteiger partial charge in [0.2, 0.25) is 10.0 Å². The van der Waals surface area contributed by atoms with Gasteiger partial charge in [0.25, 0.3) is 0 Å². The molecule has 2 N–H and O–H groups in total. The molecule has 2 heterocycles. The number of sulfonamides is 1. The Kier molecular flexibility index (Phi) is 7.60. The smallest absolute Gasteiger partial charge is 0.211 e. The first kappa shape index (κ1) is 24.4. The summed E-state index contributed by atoms with van der Waals surface area (Å²) in [5, 5.41) is 3.70. The van der Waals surface area contributed by atoms with Gasteiger partial charge in [-0.3, -0.25) is 0 Å². The normalized spacial score (nSPS) is 24.8. The van der Waals surface area contributed by atoms with Crippen molar-refractivity contribution in [1.29, 1.82) is 0 Å². The Morgan fingerprint density at radius 1 is 1.21 bits per heavy atom. The van der Waals surface area contributed by atoms with Gasteiger partial charge >= 0.3 is 0 Å². The predicted molar refractivity (Wildman–Crippen MR) is 130 cm³/mol. The Hall–Kier alpha value is -1.71. The van der Waals surface area contributed by atoms with Gasteiger partial charge in [-0.15, -0.1) is 0 Å². The summed E-state index contributed by atoms with van der Waals surface area (Å²) in [7, 11) is 0.452. The Bertz CT molecular complexity index is 1070. The van der Waals surface area contributed by atoms with Crippen molar-refractivity contribution >= 4 is 27.3 Å². The third-order valence-electron chi connectivity index (χ3n) is 6.38. The molecule has 6 nitrogen and oxygen atoms in total. The molecule has 0 saturated carbocycles. The van der Waals surface area contributed by atoms with E-state index in [1.54, 1.807) is 6.07 Å². The lowest BCUT2D eigenvalue weighted by Crippen LogP contribution is -2.43. The van der Waals surface area contributed by atoms with E-state index in [9.17, 15) is 12.8 Å². The molecule has 33 heavy (non-hydrogen) atoms. The number of nitrogens with one attached hydrogen (secondary N) is 2. The van der Waals surface area contributed by atoms with E-state index in [0.29, 0.717) is 35.7 Å². The molecule has 2 aromatic rings. The number of ether oxygens (including phenoxy) is 1. The molecular formula is C24H31ClFN3O3S. The molecule has 2 aliphatic rings. The number of anilines is 1. The molecule has 4 rings (SSSR count). The zero-order chi connectivity index (χ0) is 23.6. The van der Waals surface area contributed by atoms with E-state index in [1.165, 1.54) is 6.07 Å². The number of halogens is 2. The van der Waals surface area contributed by atoms with Gasteiger partial charge in [0.05, 0.1) is 29.7 Å². The van der Waals surface area contributed by atoms with Gasteiger partial charge in [-0.25, -0.2) is 17.5 Å². The van der Waals surface area contributed by atoms with Crippen molar-refractivity contribution < 1.29 is 17.5 Å². The Morgan fingerprint density at radius 3 is 2.70 bits per heavy atom. The maximum Gasteiger partial charge on any atom is 0.211 e. The molecule has 4 atom stereocenters. The van der Waals surface area contributed by atoms with Crippen molar-refractivity contribution in [2.24, 2.45) is 5.92 Å². The summed E-state index contributed by atoms with van der Waals surface area (Å²) in [5.74, 6) is -0.261. The standard InChI is InChI=1S/C24H31ClFN3O3S/c1-29(2)11-6-12-33(30,31)27-15-18-9-10-19-22(16-7-4-3-5-8-16)28-23-20(24(19)32-18)13-17(25)14-21(23)26/h3-5,7-8,13-14,18-19,22,24,27-28H,6,9-12,15H2,1-2H3/t18-,19+,22+,24+/m1/s1. The molecule has 0 amide bonds. The minimum atomic E-state index is -3.38. The van der Waals surface area contributed by atoms with Gasteiger partial charge in [0.1, 0.15) is 5.82 Å². The van der Waals surface area contributed by atoms with Gasteiger partial charge < -0.3 is 15.0 Å². The molecule has 9 heteroatoms. The lowest BCUT2D eigenvalue weighted by Gasteiger charge is -2.45. The van der Waals surface area contributed by atoms with Crippen LogP contribution in [0.5, 0.6) is 0 Å². The van der Waals surface area contributed by atoms with Crippen LogP contribution in [0.15, 0.2) is 42.5 Å². The average Bonchev–Trinajstić information content (AvgIpc) is 2.77. The molecular weight excluding hydrogens is 465 g/mol. The van der Waals surface area contributed by atoms with E-state index in [1.807, 2.05) is 49.3 Å². The monoisotopic (exact) mass is 495 g/mol. The predicted octanol–water partition coefficient (Wildman–Crippen LogP) is 4.35. The van der Waals surface area contributed by atoms with Crippen molar-refractivity contribution in [3.63, 3.8) is 0 Å². The summed E-state index contributed by atoms with van der Waals surface area (Å²) >= 11 is 6.18. The lowest BCUT2D eigenvalue weighted by molar-refractivity contribution is -0.0901. The van der Waals surface area contributed by atoms with Crippen LogP contribution in [-0.4, -0.2) is 52.4 Å². The SMILES string of the molecule is CN(C)CCCS(=O)(=O)NC[C@H]1CC[C@@H]2[C@H](O1)c1cc(Cl)cc(F)c1N[C@H]2c1ccccc1. The molecule has 1 saturated heterocycles. The molecule has 0 spiro atoms. The van der Waals surface area contributed by atoms with E-state index >= 15 is 0 Å². The van der Waals surface area contributed by atoms with Gasteiger partial charge in [0.15, 0.2) is 0 Å². The van der Waals surface area contributed by atoms with Crippen LogP contribution in [0, 0.1) is 11.7 Å². The summed E-state index contributed by atoms with van der Waals surface area (Å²) in [6.45, 7) is 0.914. The lowest BCUT2D eigenvalue weighted by atomic mass is 9.76. The van der Waals surface area contributed by atoms with Crippen LogP contribution in [0.3, 0.4) is 0 Å². The molecule has 0 unspecified atom stereocenters. The van der Waals surface area contributed by atoms with Crippen molar-refractivity contribution in [3.8, 4) is 0 Å². The molecule has 0 bridgehead atoms. The summed E-state index contributed by atoms with van der Waals surface area (Å²) in [6.07, 6.45) is 1.42. The second-order valence-corrected chi connectivity index (χ2v) is 11.5. The topological polar surface area (TPSA) is 70.7 Å². The first-order chi connectivity index (χ1) is 15.7. The Labute approximate surface area is 200 Å². The first-order valence-electron chi connectivity index (χ1n) is 11.3. The first-order valence-corrected chi connectivity index (χ1v) is 13.3. The number of rotatable bonds is 8. The Balaban J connectivity index is 1.51. The largest absolute Gasteiger partial charge is 0.375 e. The van der Waals surface area contributed by atoms with Crippen molar-refractivity contribution in [3.05, 3.63) is 64.4 Å². The zero-order valence-electron chi connectivity index (χ0n) is 18.9. The molecule has 180 valence electrons. The van der Waals surface area contributed by atoms with Gasteiger partial charge in [-0.2, -0.15) is 0 Å². The van der Waals surface area contributed by atoms with Crippen LogP contribution in [-0.2, 0) is 14.8 Å². The van der Waals surface area contributed by atoms with Crippen LogP contribution in [0.25, 0.3) is 0 Å². The fourth-order valence-electron chi connectivity index (χ4n) is 4.79. The third-order valence-corrected chi connectivity index (χ3v) is 8.03. The minimum Gasteiger partial charge on any atom is -0.375 e. The quantitative estimate of drug-likeness (QED) is 0.569. The van der Waals surface area contributed by atoms with Gasteiger partial charge in [0, 0.05) is 23.0 Å². The number of nitrogens with zero attached hydrogens (tertiary/aromatic N) is 1. The van der Waals surface area contributed by atoms with E-state index in [2.05, 4.69) is 10.0 Å².